The maximum absolute atomic E-state index is 15.1. The van der Waals surface area contributed by atoms with Crippen molar-refractivity contribution in [3.8, 4) is 22.5 Å². The molecule has 0 bridgehead atoms. The van der Waals surface area contributed by atoms with Gasteiger partial charge in [-0.15, -0.1) is 0 Å². The number of hydrogen-bond donors (Lipinski definition) is 1. The van der Waals surface area contributed by atoms with E-state index >= 15 is 8.78 Å². The normalized spacial score (nSPS) is 18.0. The molecule has 200 valence electrons. The number of fused-ring (bicyclic) bond motifs is 5. The number of benzene rings is 2. The van der Waals surface area contributed by atoms with Crippen LogP contribution in [0.3, 0.4) is 0 Å². The highest BCUT2D eigenvalue weighted by Gasteiger charge is 2.40. The lowest BCUT2D eigenvalue weighted by Crippen LogP contribution is -2.32. The lowest BCUT2D eigenvalue weighted by Gasteiger charge is -2.26. The van der Waals surface area contributed by atoms with Crippen molar-refractivity contribution in [3.63, 3.8) is 0 Å². The summed E-state index contributed by atoms with van der Waals surface area (Å²) >= 11 is 0. The molecule has 0 spiro atoms. The van der Waals surface area contributed by atoms with E-state index in [0.29, 0.717) is 12.1 Å². The summed E-state index contributed by atoms with van der Waals surface area (Å²) in [5.41, 5.74) is -4.66. The molecule has 2 aromatic carbocycles. The van der Waals surface area contributed by atoms with Gasteiger partial charge in [-0.3, -0.25) is 9.59 Å². The predicted octanol–water partition coefficient (Wildman–Crippen LogP) is 4.97. The summed E-state index contributed by atoms with van der Waals surface area (Å²) in [6, 6.07) is 2.64. The van der Waals surface area contributed by atoms with E-state index in [2.05, 4.69) is 4.98 Å². The van der Waals surface area contributed by atoms with Crippen LogP contribution in [0.5, 0.6) is 0 Å². The molecular weight excluding hydrogens is 530 g/mol. The van der Waals surface area contributed by atoms with Gasteiger partial charge in [0.2, 0.25) is 0 Å². The zero-order chi connectivity index (χ0) is 28.0. The molecule has 6 nitrogen and oxygen atoms in total. The molecule has 4 heterocycles. The van der Waals surface area contributed by atoms with Crippen LogP contribution in [0.2, 0.25) is 0 Å². The monoisotopic (exact) mass is 546 g/mol. The first-order valence-electron chi connectivity index (χ1n) is 11.8. The van der Waals surface area contributed by atoms with Gasteiger partial charge >= 0.3 is 5.97 Å². The highest BCUT2D eigenvalue weighted by Crippen LogP contribution is 2.45. The molecule has 39 heavy (non-hydrogen) atoms. The highest BCUT2D eigenvalue weighted by atomic mass is 19.2. The van der Waals surface area contributed by atoms with Crippen LogP contribution in [0.1, 0.15) is 36.5 Å². The van der Waals surface area contributed by atoms with Gasteiger partial charge in [0.25, 0.3) is 5.56 Å². The fraction of sp³-hybridized carbons (Fsp3) is 0.222. The standard InChI is InChI=1S/C27H16F6N2O4/c1-2-27(38)7-20(36)39-9-12-13(27)4-19-25-11(8-35(19)26(12)37)21(10-3-14(28)15(29)6-18(10)34-25)22-23(32)16(30)5-17(31)24(22)33/h3-6,38H,2,7-9H2,1H3/t27-/m1/s1. The molecule has 0 unspecified atom stereocenters. The number of aromatic nitrogens is 2. The van der Waals surface area contributed by atoms with E-state index in [9.17, 15) is 32.3 Å². The Morgan fingerprint density at radius 3 is 2.26 bits per heavy atom. The molecule has 2 aliphatic rings. The van der Waals surface area contributed by atoms with Crippen molar-refractivity contribution in [3.05, 3.63) is 86.2 Å². The Kier molecular flexibility index (Phi) is 5.41. The third-order valence-corrected chi connectivity index (χ3v) is 7.35. The number of nitrogens with zero attached hydrogens (tertiary/aromatic N) is 2. The minimum atomic E-state index is -1.79. The molecule has 0 saturated carbocycles. The van der Waals surface area contributed by atoms with Crippen molar-refractivity contribution in [1.82, 2.24) is 9.55 Å². The summed E-state index contributed by atoms with van der Waals surface area (Å²) in [4.78, 5) is 30.0. The first-order valence-corrected chi connectivity index (χ1v) is 11.8. The van der Waals surface area contributed by atoms with E-state index in [-0.39, 0.29) is 51.5 Å². The first kappa shape index (κ1) is 25.1. The first-order chi connectivity index (χ1) is 18.4. The van der Waals surface area contributed by atoms with Crippen molar-refractivity contribution >= 4 is 16.9 Å². The minimum absolute atomic E-state index is 0.0151. The van der Waals surface area contributed by atoms with Crippen molar-refractivity contribution in [2.24, 2.45) is 0 Å². The summed E-state index contributed by atoms with van der Waals surface area (Å²) in [6.45, 7) is 0.707. The van der Waals surface area contributed by atoms with Gasteiger partial charge in [-0.05, 0) is 24.1 Å². The summed E-state index contributed by atoms with van der Waals surface area (Å²) in [5, 5.41) is 10.9. The molecule has 12 heteroatoms. The van der Waals surface area contributed by atoms with Gasteiger partial charge < -0.3 is 14.4 Å². The van der Waals surface area contributed by atoms with Crippen LogP contribution in [-0.2, 0) is 28.3 Å². The van der Waals surface area contributed by atoms with Crippen LogP contribution in [-0.4, -0.2) is 20.6 Å². The van der Waals surface area contributed by atoms with Gasteiger partial charge in [0.15, 0.2) is 34.9 Å². The molecule has 1 N–H and O–H groups in total. The Bertz CT molecular complexity index is 1810. The van der Waals surface area contributed by atoms with Gasteiger partial charge in [-0.25, -0.2) is 31.3 Å². The Balaban J connectivity index is 1.74. The summed E-state index contributed by atoms with van der Waals surface area (Å²) in [5.74, 6) is -10.5. The predicted molar refractivity (Wildman–Crippen MR) is 124 cm³/mol. The lowest BCUT2D eigenvalue weighted by molar-refractivity contribution is -0.149. The second kappa shape index (κ2) is 8.40. The van der Waals surface area contributed by atoms with Crippen LogP contribution in [0.25, 0.3) is 33.4 Å². The summed E-state index contributed by atoms with van der Waals surface area (Å²) in [6.07, 6.45) is -0.434. The van der Waals surface area contributed by atoms with Crippen molar-refractivity contribution < 1.29 is 41.0 Å². The maximum Gasteiger partial charge on any atom is 0.309 e. The molecule has 0 aliphatic carbocycles. The highest BCUT2D eigenvalue weighted by molar-refractivity contribution is 6.00. The molecule has 2 aliphatic heterocycles. The topological polar surface area (TPSA) is 81.4 Å². The molecule has 4 aromatic rings. The molecule has 1 atom stereocenters. The fourth-order valence-electron chi connectivity index (χ4n) is 5.35. The largest absolute Gasteiger partial charge is 0.460 e. The molecule has 2 aromatic heterocycles. The molecule has 0 amide bonds. The number of aliphatic hydroxyl groups is 1. The van der Waals surface area contributed by atoms with Gasteiger partial charge in [-0.1, -0.05) is 6.92 Å². The number of halogens is 6. The Labute approximate surface area is 215 Å². The molecule has 0 radical (unpaired) electrons. The van der Waals surface area contributed by atoms with E-state index < -0.39 is 82.7 Å². The zero-order valence-electron chi connectivity index (χ0n) is 20.0. The van der Waals surface area contributed by atoms with Gasteiger partial charge in [-0.2, -0.15) is 0 Å². The second-order valence-corrected chi connectivity index (χ2v) is 9.48. The van der Waals surface area contributed by atoms with Gasteiger partial charge in [0, 0.05) is 28.6 Å². The number of carbonyl (C=O) groups is 1. The van der Waals surface area contributed by atoms with E-state index in [1.54, 1.807) is 6.92 Å². The third-order valence-electron chi connectivity index (χ3n) is 7.35. The van der Waals surface area contributed by atoms with Crippen LogP contribution in [0.15, 0.2) is 29.1 Å². The molecule has 0 saturated heterocycles. The maximum atomic E-state index is 15.1. The Morgan fingerprint density at radius 2 is 1.59 bits per heavy atom. The second-order valence-electron chi connectivity index (χ2n) is 9.48. The van der Waals surface area contributed by atoms with Crippen molar-refractivity contribution in [2.75, 3.05) is 0 Å². The molecule has 6 rings (SSSR count). The zero-order valence-corrected chi connectivity index (χ0v) is 20.0. The van der Waals surface area contributed by atoms with Crippen LogP contribution in [0.4, 0.5) is 26.3 Å². The molecule has 0 fully saturated rings. The number of ether oxygens (including phenoxy) is 1. The third kappa shape index (κ3) is 3.50. The Morgan fingerprint density at radius 1 is 0.923 bits per heavy atom. The molecular formula is C27H16F6N2O4. The quantitative estimate of drug-likeness (QED) is 0.192. The number of cyclic esters (lactones) is 1. The summed E-state index contributed by atoms with van der Waals surface area (Å²) in [7, 11) is 0. The smallest absolute Gasteiger partial charge is 0.309 e. The Hall–Kier alpha value is -4.19. The number of hydrogen-bond acceptors (Lipinski definition) is 5. The number of carbonyl (C=O) groups excluding carboxylic acids is 1. The van der Waals surface area contributed by atoms with Crippen LogP contribution in [0, 0.1) is 34.9 Å². The van der Waals surface area contributed by atoms with E-state index in [4.69, 9.17) is 4.74 Å². The number of rotatable bonds is 2. The van der Waals surface area contributed by atoms with E-state index in [1.165, 1.54) is 6.07 Å². The average molecular weight is 546 g/mol. The number of pyridine rings is 2. The SMILES string of the molecule is CC[C@@]1(O)CC(=O)OCc2c1cc1n(c2=O)Cc2c-1nc1cc(F)c(F)cc1c2-c1c(F)c(F)cc(F)c1F. The van der Waals surface area contributed by atoms with Crippen LogP contribution < -0.4 is 5.56 Å². The number of esters is 1. The lowest BCUT2D eigenvalue weighted by atomic mass is 9.85. The van der Waals surface area contributed by atoms with Crippen molar-refractivity contribution in [2.45, 2.75) is 38.5 Å². The van der Waals surface area contributed by atoms with E-state index in [1.807, 2.05) is 0 Å². The fourth-order valence-corrected chi connectivity index (χ4v) is 5.35. The van der Waals surface area contributed by atoms with Crippen LogP contribution >= 0.6 is 0 Å². The average Bonchev–Trinajstić information content (AvgIpc) is 3.19. The van der Waals surface area contributed by atoms with Gasteiger partial charge in [0.1, 0.15) is 12.2 Å². The minimum Gasteiger partial charge on any atom is -0.460 e. The van der Waals surface area contributed by atoms with Crippen molar-refractivity contribution in [1.29, 1.82) is 0 Å². The van der Waals surface area contributed by atoms with E-state index in [0.717, 1.165) is 4.57 Å². The summed E-state index contributed by atoms with van der Waals surface area (Å²) < 4.78 is 93.4. The van der Waals surface area contributed by atoms with Gasteiger partial charge in [0.05, 0.1) is 41.0 Å².